The van der Waals surface area contributed by atoms with E-state index in [1.54, 1.807) is 6.20 Å². The molecular formula is C14H18N4O. The van der Waals surface area contributed by atoms with E-state index in [0.717, 1.165) is 36.2 Å². The van der Waals surface area contributed by atoms with Gasteiger partial charge in [-0.2, -0.15) is 0 Å². The zero-order chi connectivity index (χ0) is 13.2. The second kappa shape index (κ2) is 5.01. The highest BCUT2D eigenvalue weighted by atomic mass is 16.2. The summed E-state index contributed by atoms with van der Waals surface area (Å²) in [6, 6.07) is 4.17. The summed E-state index contributed by atoms with van der Waals surface area (Å²) in [5.41, 5.74) is 1.87. The molecule has 2 N–H and O–H groups in total. The molecule has 0 unspecified atom stereocenters. The number of carbonyl (C=O) groups excluding carboxylic acids is 1. The molecule has 1 aliphatic rings. The van der Waals surface area contributed by atoms with Crippen molar-refractivity contribution in [3.05, 3.63) is 30.1 Å². The van der Waals surface area contributed by atoms with E-state index < -0.39 is 0 Å². The van der Waals surface area contributed by atoms with Crippen LogP contribution >= 0.6 is 0 Å². The predicted molar refractivity (Wildman–Crippen MR) is 73.8 cm³/mol. The highest BCUT2D eigenvalue weighted by molar-refractivity contribution is 5.87. The van der Waals surface area contributed by atoms with E-state index >= 15 is 0 Å². The summed E-state index contributed by atoms with van der Waals surface area (Å²) >= 11 is 0. The van der Waals surface area contributed by atoms with Crippen LogP contribution in [0.15, 0.2) is 24.5 Å². The molecule has 100 valence electrons. The number of hydrogen-bond donors (Lipinski definition) is 2. The molecule has 1 atom stereocenters. The maximum absolute atomic E-state index is 12.4. The molecule has 0 bridgehead atoms. The van der Waals surface area contributed by atoms with Crippen molar-refractivity contribution in [3.8, 4) is 0 Å². The SMILES string of the molecule is C[C@@H]1CNCCN1C(=O)Cc1c[nH]c2ncccc12. The van der Waals surface area contributed by atoms with Gasteiger partial charge in [-0.1, -0.05) is 0 Å². The van der Waals surface area contributed by atoms with Crippen molar-refractivity contribution in [2.45, 2.75) is 19.4 Å². The molecule has 0 aliphatic carbocycles. The number of hydrogen-bond acceptors (Lipinski definition) is 3. The van der Waals surface area contributed by atoms with Crippen LogP contribution in [0.1, 0.15) is 12.5 Å². The van der Waals surface area contributed by atoms with Crippen molar-refractivity contribution < 1.29 is 4.79 Å². The third-order valence-electron chi connectivity index (χ3n) is 3.70. The monoisotopic (exact) mass is 258 g/mol. The molecule has 0 radical (unpaired) electrons. The second-order valence-corrected chi connectivity index (χ2v) is 5.03. The Morgan fingerprint density at radius 1 is 1.58 bits per heavy atom. The molecule has 19 heavy (non-hydrogen) atoms. The number of amides is 1. The van der Waals surface area contributed by atoms with Crippen LogP contribution in [0.2, 0.25) is 0 Å². The lowest BCUT2D eigenvalue weighted by molar-refractivity contribution is -0.133. The summed E-state index contributed by atoms with van der Waals surface area (Å²) in [5, 5.41) is 4.34. The summed E-state index contributed by atoms with van der Waals surface area (Å²) < 4.78 is 0. The summed E-state index contributed by atoms with van der Waals surface area (Å²) in [7, 11) is 0. The summed E-state index contributed by atoms with van der Waals surface area (Å²) in [6.45, 7) is 4.63. The van der Waals surface area contributed by atoms with E-state index in [1.807, 2.05) is 23.2 Å². The van der Waals surface area contributed by atoms with Gasteiger partial charge in [-0.05, 0) is 24.6 Å². The number of pyridine rings is 1. The van der Waals surface area contributed by atoms with Gasteiger partial charge in [0.2, 0.25) is 5.91 Å². The minimum Gasteiger partial charge on any atom is -0.346 e. The molecule has 3 heterocycles. The molecule has 0 saturated carbocycles. The molecular weight excluding hydrogens is 240 g/mol. The Hall–Kier alpha value is -1.88. The van der Waals surface area contributed by atoms with Crippen LogP contribution in [0.3, 0.4) is 0 Å². The van der Waals surface area contributed by atoms with Gasteiger partial charge in [0.1, 0.15) is 5.65 Å². The average Bonchev–Trinajstić information content (AvgIpc) is 2.83. The van der Waals surface area contributed by atoms with Gasteiger partial charge in [-0.25, -0.2) is 4.98 Å². The fourth-order valence-electron chi connectivity index (χ4n) is 2.63. The van der Waals surface area contributed by atoms with Crippen LogP contribution < -0.4 is 5.32 Å². The van der Waals surface area contributed by atoms with Gasteiger partial charge in [0.05, 0.1) is 6.42 Å². The maximum Gasteiger partial charge on any atom is 0.227 e. The summed E-state index contributed by atoms with van der Waals surface area (Å²) in [5.74, 6) is 0.193. The van der Waals surface area contributed by atoms with E-state index in [9.17, 15) is 4.79 Å². The van der Waals surface area contributed by atoms with Crippen LogP contribution in [-0.2, 0) is 11.2 Å². The Morgan fingerprint density at radius 3 is 3.32 bits per heavy atom. The number of fused-ring (bicyclic) bond motifs is 1. The minimum atomic E-state index is 0.193. The van der Waals surface area contributed by atoms with Gasteiger partial charge in [-0.15, -0.1) is 0 Å². The summed E-state index contributed by atoms with van der Waals surface area (Å²) in [4.78, 5) is 21.7. The molecule has 3 rings (SSSR count). The van der Waals surface area contributed by atoms with Crippen LogP contribution in [0.4, 0.5) is 0 Å². The Bertz CT molecular complexity index is 592. The molecule has 2 aromatic heterocycles. The topological polar surface area (TPSA) is 61.0 Å². The van der Waals surface area contributed by atoms with Gasteiger partial charge < -0.3 is 15.2 Å². The number of piperazine rings is 1. The van der Waals surface area contributed by atoms with Crippen molar-refractivity contribution in [2.75, 3.05) is 19.6 Å². The first kappa shape index (κ1) is 12.2. The van der Waals surface area contributed by atoms with Crippen LogP contribution in [0.25, 0.3) is 11.0 Å². The molecule has 0 aromatic carbocycles. The van der Waals surface area contributed by atoms with Crippen molar-refractivity contribution in [1.82, 2.24) is 20.2 Å². The Labute approximate surface area is 112 Å². The molecule has 1 fully saturated rings. The molecule has 1 saturated heterocycles. The van der Waals surface area contributed by atoms with Crippen LogP contribution in [0.5, 0.6) is 0 Å². The van der Waals surface area contributed by atoms with Crippen molar-refractivity contribution in [2.24, 2.45) is 0 Å². The first-order chi connectivity index (χ1) is 9.25. The molecule has 0 spiro atoms. The number of carbonyl (C=O) groups is 1. The lowest BCUT2D eigenvalue weighted by atomic mass is 10.1. The van der Waals surface area contributed by atoms with Crippen molar-refractivity contribution in [1.29, 1.82) is 0 Å². The Balaban J connectivity index is 1.79. The van der Waals surface area contributed by atoms with Gasteiger partial charge in [-0.3, -0.25) is 4.79 Å². The zero-order valence-corrected chi connectivity index (χ0v) is 11.0. The summed E-state index contributed by atoms with van der Waals surface area (Å²) in [6.07, 6.45) is 4.08. The van der Waals surface area contributed by atoms with E-state index in [1.165, 1.54) is 0 Å². The molecule has 1 amide bonds. The first-order valence-electron chi connectivity index (χ1n) is 6.67. The molecule has 1 aliphatic heterocycles. The van der Waals surface area contributed by atoms with E-state index in [2.05, 4.69) is 22.2 Å². The standard InChI is InChI=1S/C14H18N4O/c1-10-8-15-5-6-18(10)13(19)7-11-9-17-14-12(11)3-2-4-16-14/h2-4,9-10,15H,5-8H2,1H3,(H,16,17)/t10-/m1/s1. The minimum absolute atomic E-state index is 0.193. The zero-order valence-electron chi connectivity index (χ0n) is 11.0. The fraction of sp³-hybridized carbons (Fsp3) is 0.429. The van der Waals surface area contributed by atoms with Crippen molar-refractivity contribution >= 4 is 16.9 Å². The van der Waals surface area contributed by atoms with E-state index in [0.29, 0.717) is 6.42 Å². The highest BCUT2D eigenvalue weighted by Gasteiger charge is 2.23. The number of aromatic amines is 1. The third kappa shape index (κ3) is 2.33. The average molecular weight is 258 g/mol. The van der Waals surface area contributed by atoms with Crippen LogP contribution in [0, 0.1) is 0 Å². The third-order valence-corrected chi connectivity index (χ3v) is 3.70. The predicted octanol–water partition coefficient (Wildman–Crippen LogP) is 0.926. The van der Waals surface area contributed by atoms with Gasteiger partial charge in [0.15, 0.2) is 0 Å². The number of H-pyrrole nitrogens is 1. The second-order valence-electron chi connectivity index (χ2n) is 5.03. The van der Waals surface area contributed by atoms with Gasteiger partial charge in [0, 0.05) is 43.5 Å². The molecule has 5 heteroatoms. The fourth-order valence-corrected chi connectivity index (χ4v) is 2.63. The van der Waals surface area contributed by atoms with Gasteiger partial charge in [0.25, 0.3) is 0 Å². The Kier molecular flexibility index (Phi) is 3.21. The lowest BCUT2D eigenvalue weighted by Gasteiger charge is -2.34. The highest BCUT2D eigenvalue weighted by Crippen LogP contribution is 2.17. The van der Waals surface area contributed by atoms with E-state index in [4.69, 9.17) is 0 Å². The largest absolute Gasteiger partial charge is 0.346 e. The van der Waals surface area contributed by atoms with Crippen LogP contribution in [-0.4, -0.2) is 46.5 Å². The maximum atomic E-state index is 12.4. The van der Waals surface area contributed by atoms with E-state index in [-0.39, 0.29) is 11.9 Å². The number of aromatic nitrogens is 2. The lowest BCUT2D eigenvalue weighted by Crippen LogP contribution is -2.52. The number of rotatable bonds is 2. The van der Waals surface area contributed by atoms with Gasteiger partial charge >= 0.3 is 0 Å². The number of nitrogens with one attached hydrogen (secondary N) is 2. The first-order valence-corrected chi connectivity index (χ1v) is 6.67. The van der Waals surface area contributed by atoms with Crippen molar-refractivity contribution in [3.63, 3.8) is 0 Å². The smallest absolute Gasteiger partial charge is 0.227 e. The number of nitrogens with zero attached hydrogens (tertiary/aromatic N) is 2. The normalized spacial score (nSPS) is 19.8. The molecule has 5 nitrogen and oxygen atoms in total. The Morgan fingerprint density at radius 2 is 2.47 bits per heavy atom. The molecule has 2 aromatic rings. The quantitative estimate of drug-likeness (QED) is 0.842.